The van der Waals surface area contributed by atoms with Gasteiger partial charge in [-0.2, -0.15) is 0 Å². The molecule has 0 amide bonds. The molecule has 2 heteroatoms. The molecule has 0 aliphatic heterocycles. The Balaban J connectivity index is 1.48. The van der Waals surface area contributed by atoms with Gasteiger partial charge in [0.05, 0.1) is 0 Å². The van der Waals surface area contributed by atoms with Crippen molar-refractivity contribution >= 4 is 8.32 Å². The SMILES string of the molecule is CC(C)C/C=C\[C@@H](C)[C@H]1CC[C@H]2[C@@H]3CC=C4C[C@@H](O[Si](C)(C)C(C)(C)C)CC[C@]4(C)[C@H]3CC[C@]12C. The molecule has 0 aromatic heterocycles. The molecule has 0 heterocycles. The highest BCUT2D eigenvalue weighted by Gasteiger charge is 2.59. The monoisotopic (exact) mass is 498 g/mol. The van der Waals surface area contributed by atoms with Crippen molar-refractivity contribution in [1.29, 1.82) is 0 Å². The van der Waals surface area contributed by atoms with Crippen LogP contribution in [0, 0.1) is 46.3 Å². The summed E-state index contributed by atoms with van der Waals surface area (Å²) >= 11 is 0. The fraction of sp³-hybridized carbons (Fsp3) is 0.879. The molecule has 1 nitrogen and oxygen atoms in total. The first-order valence-corrected chi connectivity index (χ1v) is 18.1. The van der Waals surface area contributed by atoms with Crippen LogP contribution in [-0.2, 0) is 4.43 Å². The molecule has 4 rings (SSSR count). The van der Waals surface area contributed by atoms with Gasteiger partial charge in [-0.1, -0.05) is 79.2 Å². The second kappa shape index (κ2) is 9.76. The van der Waals surface area contributed by atoms with Crippen molar-refractivity contribution in [3.63, 3.8) is 0 Å². The van der Waals surface area contributed by atoms with E-state index in [1.807, 2.05) is 0 Å². The first kappa shape index (κ1) is 27.7. The molecule has 0 spiro atoms. The Morgan fingerprint density at radius 3 is 2.40 bits per heavy atom. The second-order valence-corrected chi connectivity index (χ2v) is 20.4. The summed E-state index contributed by atoms with van der Waals surface area (Å²) in [5.74, 6) is 5.13. The lowest BCUT2D eigenvalue weighted by Gasteiger charge is -2.59. The zero-order chi connectivity index (χ0) is 25.8. The Morgan fingerprint density at radius 2 is 1.74 bits per heavy atom. The Hall–Kier alpha value is -0.343. The minimum Gasteiger partial charge on any atom is -0.414 e. The molecule has 0 radical (unpaired) electrons. The maximum Gasteiger partial charge on any atom is 0.192 e. The van der Waals surface area contributed by atoms with Gasteiger partial charge in [-0.15, -0.1) is 0 Å². The van der Waals surface area contributed by atoms with Crippen LogP contribution in [0.15, 0.2) is 23.8 Å². The minimum absolute atomic E-state index is 0.299. The predicted octanol–water partition coefficient (Wildman–Crippen LogP) is 10.2. The fourth-order valence-electron chi connectivity index (χ4n) is 8.93. The van der Waals surface area contributed by atoms with E-state index in [-0.39, 0.29) is 0 Å². The van der Waals surface area contributed by atoms with Crippen molar-refractivity contribution in [1.82, 2.24) is 0 Å². The van der Waals surface area contributed by atoms with Gasteiger partial charge in [0.25, 0.3) is 0 Å². The summed E-state index contributed by atoms with van der Waals surface area (Å²) in [6.45, 7) is 24.6. The molecular formula is C33H58OSi. The first-order valence-electron chi connectivity index (χ1n) is 15.2. The fourth-order valence-corrected chi connectivity index (χ4v) is 10.3. The van der Waals surface area contributed by atoms with E-state index in [0.29, 0.717) is 22.0 Å². The maximum atomic E-state index is 6.94. The van der Waals surface area contributed by atoms with Gasteiger partial charge in [-0.05, 0) is 122 Å². The molecule has 0 saturated heterocycles. The quantitative estimate of drug-likeness (QED) is 0.261. The van der Waals surface area contributed by atoms with Crippen molar-refractivity contribution in [2.75, 3.05) is 0 Å². The molecule has 8 atom stereocenters. The van der Waals surface area contributed by atoms with Crippen molar-refractivity contribution in [3.8, 4) is 0 Å². The largest absolute Gasteiger partial charge is 0.414 e. The van der Waals surface area contributed by atoms with Gasteiger partial charge in [-0.3, -0.25) is 0 Å². The van der Waals surface area contributed by atoms with Gasteiger partial charge >= 0.3 is 0 Å². The van der Waals surface area contributed by atoms with Crippen LogP contribution in [0.2, 0.25) is 18.1 Å². The molecule has 3 saturated carbocycles. The van der Waals surface area contributed by atoms with E-state index in [1.54, 1.807) is 5.57 Å². The molecule has 3 fully saturated rings. The summed E-state index contributed by atoms with van der Waals surface area (Å²) in [5.41, 5.74) is 2.75. The van der Waals surface area contributed by atoms with E-state index in [2.05, 4.69) is 86.7 Å². The molecule has 0 unspecified atom stereocenters. The molecule has 4 aliphatic rings. The highest BCUT2D eigenvalue weighted by atomic mass is 28.4. The number of allylic oxidation sites excluding steroid dienone is 3. The maximum absolute atomic E-state index is 6.94. The third kappa shape index (κ3) is 5.06. The van der Waals surface area contributed by atoms with Gasteiger partial charge in [0.2, 0.25) is 0 Å². The highest BCUT2D eigenvalue weighted by Crippen LogP contribution is 2.67. The summed E-state index contributed by atoms with van der Waals surface area (Å²) < 4.78 is 6.94. The Kier molecular flexibility index (Phi) is 7.72. The molecule has 0 bridgehead atoms. The Bertz CT molecular complexity index is 815. The van der Waals surface area contributed by atoms with Crippen LogP contribution in [0.4, 0.5) is 0 Å². The van der Waals surface area contributed by atoms with Crippen LogP contribution in [0.1, 0.15) is 113 Å². The summed E-state index contributed by atoms with van der Waals surface area (Å²) in [7, 11) is -1.70. The second-order valence-electron chi connectivity index (χ2n) is 15.6. The summed E-state index contributed by atoms with van der Waals surface area (Å²) in [6.07, 6.45) is 20.5. The molecule has 0 N–H and O–H groups in total. The summed E-state index contributed by atoms with van der Waals surface area (Å²) in [5, 5.41) is 0.299. The third-order valence-electron chi connectivity index (χ3n) is 12.1. The average molecular weight is 499 g/mol. The van der Waals surface area contributed by atoms with Crippen molar-refractivity contribution in [2.45, 2.75) is 137 Å². The van der Waals surface area contributed by atoms with Crippen molar-refractivity contribution in [2.24, 2.45) is 46.3 Å². The molecular weight excluding hydrogens is 440 g/mol. The van der Waals surface area contributed by atoms with Crippen molar-refractivity contribution < 1.29 is 4.43 Å². The minimum atomic E-state index is -1.70. The highest BCUT2D eigenvalue weighted by molar-refractivity contribution is 6.74. The first-order chi connectivity index (χ1) is 16.2. The van der Waals surface area contributed by atoms with E-state index in [1.165, 1.54) is 57.8 Å². The number of hydrogen-bond donors (Lipinski definition) is 0. The lowest BCUT2D eigenvalue weighted by Crippen LogP contribution is -2.52. The van der Waals surface area contributed by atoms with E-state index in [4.69, 9.17) is 4.43 Å². The Morgan fingerprint density at radius 1 is 1.03 bits per heavy atom. The molecule has 0 aromatic carbocycles. The van der Waals surface area contributed by atoms with E-state index < -0.39 is 8.32 Å². The van der Waals surface area contributed by atoms with Crippen LogP contribution in [-0.4, -0.2) is 14.4 Å². The van der Waals surface area contributed by atoms with Gasteiger partial charge in [0.1, 0.15) is 0 Å². The summed E-state index contributed by atoms with van der Waals surface area (Å²) in [4.78, 5) is 0. The number of fused-ring (bicyclic) bond motifs is 5. The van der Waals surface area contributed by atoms with E-state index in [9.17, 15) is 0 Å². The summed E-state index contributed by atoms with van der Waals surface area (Å²) in [6, 6.07) is 0. The third-order valence-corrected chi connectivity index (χ3v) is 16.6. The van der Waals surface area contributed by atoms with Gasteiger partial charge in [0.15, 0.2) is 8.32 Å². The van der Waals surface area contributed by atoms with Crippen LogP contribution >= 0.6 is 0 Å². The number of hydrogen-bond acceptors (Lipinski definition) is 1. The van der Waals surface area contributed by atoms with Crippen LogP contribution < -0.4 is 0 Å². The van der Waals surface area contributed by atoms with Gasteiger partial charge in [-0.25, -0.2) is 0 Å². The lowest BCUT2D eigenvalue weighted by atomic mass is 9.47. The smallest absolute Gasteiger partial charge is 0.192 e. The van der Waals surface area contributed by atoms with Crippen molar-refractivity contribution in [3.05, 3.63) is 23.8 Å². The van der Waals surface area contributed by atoms with Gasteiger partial charge < -0.3 is 4.43 Å². The zero-order valence-electron chi connectivity index (χ0n) is 25.0. The van der Waals surface area contributed by atoms with Crippen LogP contribution in [0.5, 0.6) is 0 Å². The predicted molar refractivity (Wildman–Crippen MR) is 155 cm³/mol. The van der Waals surface area contributed by atoms with E-state index >= 15 is 0 Å². The lowest BCUT2D eigenvalue weighted by molar-refractivity contribution is -0.0532. The molecule has 35 heavy (non-hydrogen) atoms. The van der Waals surface area contributed by atoms with E-state index in [0.717, 1.165) is 35.5 Å². The molecule has 200 valence electrons. The normalized spacial score (nSPS) is 40.9. The molecule has 4 aliphatic carbocycles. The zero-order valence-corrected chi connectivity index (χ0v) is 26.0. The average Bonchev–Trinajstić information content (AvgIpc) is 3.10. The number of rotatable bonds is 6. The molecule has 0 aromatic rings. The Labute approximate surface area is 220 Å². The standard InChI is InChI=1S/C33H58OSi/c1-23(2)12-11-13-24(3)28-16-17-29-27-15-14-25-22-26(34-35(9,10)31(4,5)6)18-20-32(25,7)30(27)19-21-33(28,29)8/h11,13-14,23-24,26-30H,12,15-22H2,1-10H3/b13-11-/t24-,26+,27+,28-,29+,30+,32+,33-/m1/s1. The topological polar surface area (TPSA) is 9.23 Å². The van der Waals surface area contributed by atoms with Crippen LogP contribution in [0.25, 0.3) is 0 Å². The van der Waals surface area contributed by atoms with Crippen LogP contribution in [0.3, 0.4) is 0 Å². The van der Waals surface area contributed by atoms with Gasteiger partial charge in [0, 0.05) is 6.10 Å².